The Balaban J connectivity index is 1.44. The van der Waals surface area contributed by atoms with Crippen LogP contribution in [-0.2, 0) is 6.61 Å². The molecule has 1 aliphatic rings. The first-order valence-electron chi connectivity index (χ1n) is 11.7. The second-order valence-electron chi connectivity index (χ2n) is 8.78. The molecule has 0 saturated heterocycles. The van der Waals surface area contributed by atoms with Gasteiger partial charge in [-0.3, -0.25) is 14.5 Å². The lowest BCUT2D eigenvalue weighted by Gasteiger charge is -2.24. The Morgan fingerprint density at radius 1 is 0.917 bits per heavy atom. The van der Waals surface area contributed by atoms with Crippen molar-refractivity contribution in [2.75, 3.05) is 4.90 Å². The summed E-state index contributed by atoms with van der Waals surface area (Å²) >= 11 is 0. The number of aryl methyl sites for hydroxylation is 1. The van der Waals surface area contributed by atoms with Crippen LogP contribution >= 0.6 is 0 Å². The molecule has 0 aliphatic carbocycles. The van der Waals surface area contributed by atoms with E-state index in [2.05, 4.69) is 4.98 Å². The highest BCUT2D eigenvalue weighted by atomic mass is 16.5. The Hall–Kier alpha value is -4.71. The van der Waals surface area contributed by atoms with Gasteiger partial charge in [-0.25, -0.2) is 4.98 Å². The number of rotatable bonds is 5. The van der Waals surface area contributed by atoms with Crippen LogP contribution in [-0.4, -0.2) is 10.9 Å². The molecular weight excluding hydrogens is 452 g/mol. The zero-order valence-electron chi connectivity index (χ0n) is 19.5. The molecule has 2 aromatic heterocycles. The fourth-order valence-electron chi connectivity index (χ4n) is 4.61. The molecule has 6 nitrogen and oxygen atoms in total. The number of fused-ring (bicyclic) bond motifs is 2. The average Bonchev–Trinajstić information content (AvgIpc) is 3.21. The molecule has 0 saturated carbocycles. The molecule has 1 amide bonds. The van der Waals surface area contributed by atoms with Crippen LogP contribution in [0.1, 0.15) is 38.9 Å². The van der Waals surface area contributed by atoms with Gasteiger partial charge in [-0.15, -0.1) is 0 Å². The molecule has 5 aromatic rings. The summed E-state index contributed by atoms with van der Waals surface area (Å²) in [6.07, 6.45) is 1.66. The fraction of sp³-hybridized carbons (Fsp3) is 0.100. The van der Waals surface area contributed by atoms with Crippen LogP contribution in [0, 0.1) is 6.92 Å². The lowest BCUT2D eigenvalue weighted by molar-refractivity contribution is 0.0970. The summed E-state index contributed by atoms with van der Waals surface area (Å²) < 4.78 is 11.9. The maximum atomic E-state index is 13.6. The molecule has 6 heteroatoms. The van der Waals surface area contributed by atoms with E-state index in [4.69, 9.17) is 9.15 Å². The number of carbonyl (C=O) groups is 1. The van der Waals surface area contributed by atoms with Crippen LogP contribution in [0.3, 0.4) is 0 Å². The fourth-order valence-corrected chi connectivity index (χ4v) is 4.61. The first-order chi connectivity index (χ1) is 17.6. The van der Waals surface area contributed by atoms with Crippen molar-refractivity contribution in [2.45, 2.75) is 19.6 Å². The van der Waals surface area contributed by atoms with Crippen molar-refractivity contribution in [1.29, 1.82) is 0 Å². The second-order valence-corrected chi connectivity index (χ2v) is 8.78. The van der Waals surface area contributed by atoms with Gasteiger partial charge >= 0.3 is 0 Å². The molecule has 36 heavy (non-hydrogen) atoms. The van der Waals surface area contributed by atoms with E-state index < -0.39 is 6.04 Å². The van der Waals surface area contributed by atoms with Gasteiger partial charge in [0.2, 0.25) is 5.76 Å². The summed E-state index contributed by atoms with van der Waals surface area (Å²) in [6, 6.07) is 27.4. The largest absolute Gasteiger partial charge is 0.489 e. The number of nitrogens with zero attached hydrogens (tertiary/aromatic N) is 2. The van der Waals surface area contributed by atoms with E-state index in [9.17, 15) is 9.59 Å². The number of anilines is 1. The van der Waals surface area contributed by atoms with Crippen molar-refractivity contribution in [3.05, 3.63) is 135 Å². The molecular formula is C30H22N2O4. The van der Waals surface area contributed by atoms with E-state index >= 15 is 0 Å². The van der Waals surface area contributed by atoms with E-state index in [-0.39, 0.29) is 17.1 Å². The number of amides is 1. The van der Waals surface area contributed by atoms with E-state index in [0.29, 0.717) is 34.7 Å². The number of hydrogen-bond acceptors (Lipinski definition) is 5. The number of carbonyl (C=O) groups excluding carboxylic acids is 1. The lowest BCUT2D eigenvalue weighted by Crippen LogP contribution is -2.30. The average molecular weight is 475 g/mol. The Morgan fingerprint density at radius 3 is 2.44 bits per heavy atom. The van der Waals surface area contributed by atoms with E-state index in [1.165, 1.54) is 0 Å². The zero-order valence-corrected chi connectivity index (χ0v) is 19.5. The molecule has 0 bridgehead atoms. The van der Waals surface area contributed by atoms with Crippen molar-refractivity contribution >= 4 is 22.7 Å². The minimum absolute atomic E-state index is 0.0522. The van der Waals surface area contributed by atoms with E-state index in [0.717, 1.165) is 16.7 Å². The number of para-hydroxylation sites is 1. The number of aromatic nitrogens is 1. The smallest absolute Gasteiger partial charge is 0.296 e. The predicted molar refractivity (Wildman–Crippen MR) is 137 cm³/mol. The molecule has 1 unspecified atom stereocenters. The third-order valence-electron chi connectivity index (χ3n) is 6.37. The molecule has 6 rings (SSSR count). The number of benzene rings is 3. The van der Waals surface area contributed by atoms with Gasteiger partial charge in [0.15, 0.2) is 5.43 Å². The molecule has 1 aliphatic heterocycles. The summed E-state index contributed by atoms with van der Waals surface area (Å²) in [5.74, 6) is 0.818. The third-order valence-corrected chi connectivity index (χ3v) is 6.37. The van der Waals surface area contributed by atoms with Crippen molar-refractivity contribution in [3.63, 3.8) is 0 Å². The van der Waals surface area contributed by atoms with Crippen LogP contribution in [0.5, 0.6) is 5.75 Å². The first-order valence-corrected chi connectivity index (χ1v) is 11.7. The standard InChI is InChI=1S/C30H22N2O4/c1-19-15-16-31-25(17-19)32-27(21-11-13-22(14-12-21)35-18-20-7-3-2-4-8-20)26-28(33)23-9-5-6-10-24(23)36-29(26)30(32)34/h2-17,27H,18H2,1H3. The van der Waals surface area contributed by atoms with E-state index in [1.807, 2.05) is 73.7 Å². The minimum atomic E-state index is -0.675. The van der Waals surface area contributed by atoms with Crippen LogP contribution in [0.15, 0.2) is 106 Å². The monoisotopic (exact) mass is 474 g/mol. The summed E-state index contributed by atoms with van der Waals surface area (Å²) in [5, 5.41) is 0.441. The van der Waals surface area contributed by atoms with Gasteiger partial charge in [-0.1, -0.05) is 54.6 Å². The summed E-state index contributed by atoms with van der Waals surface area (Å²) in [7, 11) is 0. The zero-order chi connectivity index (χ0) is 24.6. The molecule has 0 N–H and O–H groups in total. The Kier molecular flexibility index (Phi) is 5.34. The molecule has 3 heterocycles. The second kappa shape index (κ2) is 8.82. The molecule has 176 valence electrons. The van der Waals surface area contributed by atoms with Crippen molar-refractivity contribution in [3.8, 4) is 5.75 Å². The molecule has 0 spiro atoms. The molecule has 3 aromatic carbocycles. The van der Waals surface area contributed by atoms with Gasteiger partial charge < -0.3 is 9.15 Å². The van der Waals surface area contributed by atoms with Crippen molar-refractivity contribution in [2.24, 2.45) is 0 Å². The highest BCUT2D eigenvalue weighted by molar-refractivity contribution is 6.10. The van der Waals surface area contributed by atoms with Gasteiger partial charge in [0.25, 0.3) is 5.91 Å². The predicted octanol–water partition coefficient (Wildman–Crippen LogP) is 5.83. The molecule has 0 fully saturated rings. The van der Waals surface area contributed by atoms with Crippen LogP contribution in [0.4, 0.5) is 5.82 Å². The summed E-state index contributed by atoms with van der Waals surface area (Å²) in [5.41, 5.74) is 3.27. The Morgan fingerprint density at radius 2 is 1.67 bits per heavy atom. The Bertz CT molecular complexity index is 1640. The normalized spacial score (nSPS) is 14.8. The molecule has 0 radical (unpaired) electrons. The minimum Gasteiger partial charge on any atom is -0.489 e. The van der Waals surface area contributed by atoms with Gasteiger partial charge in [-0.05, 0) is 60.0 Å². The van der Waals surface area contributed by atoms with Crippen molar-refractivity contribution in [1.82, 2.24) is 4.98 Å². The number of hydrogen-bond donors (Lipinski definition) is 0. The highest BCUT2D eigenvalue weighted by Gasteiger charge is 2.44. The summed E-state index contributed by atoms with van der Waals surface area (Å²) in [4.78, 5) is 33.3. The highest BCUT2D eigenvalue weighted by Crippen LogP contribution is 2.41. The quantitative estimate of drug-likeness (QED) is 0.321. The van der Waals surface area contributed by atoms with Gasteiger partial charge in [0.05, 0.1) is 17.0 Å². The van der Waals surface area contributed by atoms with Gasteiger partial charge in [-0.2, -0.15) is 0 Å². The summed E-state index contributed by atoms with van der Waals surface area (Å²) in [6.45, 7) is 2.38. The van der Waals surface area contributed by atoms with E-state index in [1.54, 1.807) is 35.4 Å². The van der Waals surface area contributed by atoms with Crippen molar-refractivity contribution < 1.29 is 13.9 Å². The SMILES string of the molecule is Cc1ccnc(N2C(=O)c3oc4ccccc4c(=O)c3C2c2ccc(OCc3ccccc3)cc2)c1. The maximum Gasteiger partial charge on any atom is 0.296 e. The topological polar surface area (TPSA) is 72.6 Å². The molecule has 1 atom stereocenters. The third kappa shape index (κ3) is 3.73. The lowest BCUT2D eigenvalue weighted by atomic mass is 9.98. The number of ether oxygens (including phenoxy) is 1. The number of pyridine rings is 1. The Labute approximate surface area is 207 Å². The maximum absolute atomic E-state index is 13.6. The van der Waals surface area contributed by atoms with Crippen LogP contribution in [0.2, 0.25) is 0 Å². The van der Waals surface area contributed by atoms with Gasteiger partial charge in [0.1, 0.15) is 23.8 Å². The van der Waals surface area contributed by atoms with Gasteiger partial charge in [0, 0.05) is 6.20 Å². The van der Waals surface area contributed by atoms with Crippen LogP contribution in [0.25, 0.3) is 11.0 Å². The first kappa shape index (κ1) is 21.8. The van der Waals surface area contributed by atoms with Crippen LogP contribution < -0.4 is 15.1 Å².